The summed E-state index contributed by atoms with van der Waals surface area (Å²) in [5, 5.41) is 1.82. The van der Waals surface area contributed by atoms with Gasteiger partial charge in [0.1, 0.15) is 0 Å². The van der Waals surface area contributed by atoms with Gasteiger partial charge in [-0.05, 0) is 18.6 Å². The SMILES string of the molecule is CCSC1CCCCN(c2nc(-c3ccccc3)ns2)C1. The van der Waals surface area contributed by atoms with E-state index in [1.54, 1.807) is 0 Å². The second kappa shape index (κ2) is 7.27. The maximum Gasteiger partial charge on any atom is 0.205 e. The number of thioether (sulfide) groups is 1. The van der Waals surface area contributed by atoms with Crippen molar-refractivity contribution in [2.24, 2.45) is 0 Å². The largest absolute Gasteiger partial charge is 0.346 e. The van der Waals surface area contributed by atoms with Crippen LogP contribution >= 0.6 is 23.3 Å². The average molecular weight is 319 g/mol. The minimum atomic E-state index is 0.738. The molecule has 1 aliphatic heterocycles. The highest BCUT2D eigenvalue weighted by Gasteiger charge is 2.21. The highest BCUT2D eigenvalue weighted by Crippen LogP contribution is 2.28. The van der Waals surface area contributed by atoms with E-state index in [4.69, 9.17) is 4.98 Å². The van der Waals surface area contributed by atoms with Gasteiger partial charge in [0.2, 0.25) is 5.13 Å². The van der Waals surface area contributed by atoms with Gasteiger partial charge in [0, 0.05) is 35.4 Å². The van der Waals surface area contributed by atoms with E-state index in [9.17, 15) is 0 Å². The maximum atomic E-state index is 4.76. The standard InChI is InChI=1S/C16H21N3S2/c1-2-20-14-10-6-7-11-19(12-14)16-17-15(18-21-16)13-8-4-3-5-9-13/h3-5,8-9,14H,2,6-7,10-12H2,1H3. The van der Waals surface area contributed by atoms with Crippen molar-refractivity contribution in [2.45, 2.75) is 31.4 Å². The lowest BCUT2D eigenvalue weighted by molar-refractivity contribution is 0.736. The van der Waals surface area contributed by atoms with Gasteiger partial charge in [-0.1, -0.05) is 43.7 Å². The fraction of sp³-hybridized carbons (Fsp3) is 0.500. The molecule has 0 saturated carbocycles. The zero-order valence-corrected chi connectivity index (χ0v) is 14.0. The van der Waals surface area contributed by atoms with Gasteiger partial charge in [0.25, 0.3) is 0 Å². The molecular weight excluding hydrogens is 298 g/mol. The van der Waals surface area contributed by atoms with Gasteiger partial charge in [-0.15, -0.1) is 0 Å². The highest BCUT2D eigenvalue weighted by atomic mass is 32.2. The summed E-state index contributed by atoms with van der Waals surface area (Å²) in [5.41, 5.74) is 1.11. The summed E-state index contributed by atoms with van der Waals surface area (Å²) in [4.78, 5) is 7.20. The quantitative estimate of drug-likeness (QED) is 0.839. The Labute approximate surface area is 135 Å². The molecule has 0 aliphatic carbocycles. The van der Waals surface area contributed by atoms with Gasteiger partial charge in [-0.25, -0.2) is 0 Å². The molecular formula is C16H21N3S2. The van der Waals surface area contributed by atoms with E-state index in [1.807, 2.05) is 18.2 Å². The van der Waals surface area contributed by atoms with Crippen LogP contribution in [0.2, 0.25) is 0 Å². The fourth-order valence-corrected chi connectivity index (χ4v) is 4.51. The monoisotopic (exact) mass is 319 g/mol. The molecule has 3 rings (SSSR count). The van der Waals surface area contributed by atoms with Crippen molar-refractivity contribution in [3.05, 3.63) is 30.3 Å². The van der Waals surface area contributed by atoms with Gasteiger partial charge in [0.05, 0.1) is 0 Å². The van der Waals surface area contributed by atoms with Crippen LogP contribution in [0.5, 0.6) is 0 Å². The number of rotatable bonds is 4. The van der Waals surface area contributed by atoms with Crippen LogP contribution in [0.25, 0.3) is 11.4 Å². The zero-order valence-electron chi connectivity index (χ0n) is 12.4. The second-order valence-corrected chi connectivity index (χ2v) is 7.59. The Kier molecular flexibility index (Phi) is 5.14. The van der Waals surface area contributed by atoms with Crippen LogP contribution in [0.15, 0.2) is 30.3 Å². The molecule has 5 heteroatoms. The van der Waals surface area contributed by atoms with Crippen molar-refractivity contribution in [3.8, 4) is 11.4 Å². The van der Waals surface area contributed by atoms with E-state index in [0.717, 1.165) is 34.9 Å². The lowest BCUT2D eigenvalue weighted by Crippen LogP contribution is -2.29. The third kappa shape index (κ3) is 3.77. The minimum absolute atomic E-state index is 0.738. The number of nitrogens with zero attached hydrogens (tertiary/aromatic N) is 3. The summed E-state index contributed by atoms with van der Waals surface area (Å²) < 4.78 is 4.55. The van der Waals surface area contributed by atoms with Gasteiger partial charge < -0.3 is 4.90 Å². The lowest BCUT2D eigenvalue weighted by Gasteiger charge is -2.22. The van der Waals surface area contributed by atoms with Crippen molar-refractivity contribution in [3.63, 3.8) is 0 Å². The van der Waals surface area contributed by atoms with E-state index in [1.165, 1.54) is 36.5 Å². The van der Waals surface area contributed by atoms with Crippen LogP contribution in [0, 0.1) is 0 Å². The van der Waals surface area contributed by atoms with Crippen molar-refractivity contribution >= 4 is 28.4 Å². The smallest absolute Gasteiger partial charge is 0.205 e. The first kappa shape index (κ1) is 14.9. The van der Waals surface area contributed by atoms with Crippen LogP contribution in [-0.2, 0) is 0 Å². The van der Waals surface area contributed by atoms with Gasteiger partial charge in [-0.2, -0.15) is 21.1 Å². The van der Waals surface area contributed by atoms with Gasteiger partial charge in [-0.3, -0.25) is 0 Å². The molecule has 1 aromatic carbocycles. The van der Waals surface area contributed by atoms with E-state index < -0.39 is 0 Å². The molecule has 0 radical (unpaired) electrons. The Balaban J connectivity index is 1.75. The Bertz CT molecular complexity index is 556. The van der Waals surface area contributed by atoms with Crippen LogP contribution < -0.4 is 4.90 Å². The second-order valence-electron chi connectivity index (χ2n) is 5.29. The molecule has 1 saturated heterocycles. The molecule has 1 unspecified atom stereocenters. The molecule has 0 spiro atoms. The van der Waals surface area contributed by atoms with E-state index in [-0.39, 0.29) is 0 Å². The third-order valence-electron chi connectivity index (χ3n) is 3.75. The Hall–Kier alpha value is -1.07. The van der Waals surface area contributed by atoms with E-state index in [0.29, 0.717) is 0 Å². The van der Waals surface area contributed by atoms with Crippen molar-refractivity contribution in [1.82, 2.24) is 9.36 Å². The summed E-state index contributed by atoms with van der Waals surface area (Å²) >= 11 is 3.62. The molecule has 112 valence electrons. The van der Waals surface area contributed by atoms with E-state index >= 15 is 0 Å². The van der Waals surface area contributed by atoms with Crippen molar-refractivity contribution in [2.75, 3.05) is 23.7 Å². The molecule has 1 atom stereocenters. The van der Waals surface area contributed by atoms with Crippen molar-refractivity contribution in [1.29, 1.82) is 0 Å². The summed E-state index contributed by atoms with van der Waals surface area (Å²) in [6.07, 6.45) is 3.93. The van der Waals surface area contributed by atoms with Crippen LogP contribution in [-0.4, -0.2) is 33.4 Å². The molecule has 0 amide bonds. The van der Waals surface area contributed by atoms with Crippen molar-refractivity contribution < 1.29 is 0 Å². The van der Waals surface area contributed by atoms with Gasteiger partial charge >= 0.3 is 0 Å². The Morgan fingerprint density at radius 3 is 2.95 bits per heavy atom. The van der Waals surface area contributed by atoms with E-state index in [2.05, 4.69) is 40.1 Å². The molecule has 2 aromatic rings. The molecule has 3 nitrogen and oxygen atoms in total. The molecule has 1 fully saturated rings. The fourth-order valence-electron chi connectivity index (χ4n) is 2.70. The minimum Gasteiger partial charge on any atom is -0.346 e. The predicted octanol–water partition coefficient (Wildman–Crippen LogP) is 4.32. The van der Waals surface area contributed by atoms with Gasteiger partial charge in [0.15, 0.2) is 5.82 Å². The Morgan fingerprint density at radius 1 is 1.29 bits per heavy atom. The molecule has 1 aromatic heterocycles. The summed E-state index contributed by atoms with van der Waals surface area (Å²) in [5.74, 6) is 2.06. The molecule has 0 N–H and O–H groups in total. The highest BCUT2D eigenvalue weighted by molar-refractivity contribution is 7.99. The summed E-state index contributed by atoms with van der Waals surface area (Å²) in [6.45, 7) is 4.48. The average Bonchev–Trinajstić information content (AvgIpc) is 2.90. The van der Waals surface area contributed by atoms with Crippen LogP contribution in [0.1, 0.15) is 26.2 Å². The maximum absolute atomic E-state index is 4.76. The number of aromatic nitrogens is 2. The molecule has 1 aliphatic rings. The number of benzene rings is 1. The molecule has 2 heterocycles. The normalized spacial score (nSPS) is 19.5. The third-order valence-corrected chi connectivity index (χ3v) is 5.71. The Morgan fingerprint density at radius 2 is 2.14 bits per heavy atom. The van der Waals surface area contributed by atoms with Crippen LogP contribution in [0.3, 0.4) is 0 Å². The molecule has 0 bridgehead atoms. The number of hydrogen-bond acceptors (Lipinski definition) is 5. The summed E-state index contributed by atoms with van der Waals surface area (Å²) in [6, 6.07) is 10.2. The van der Waals surface area contributed by atoms with Crippen LogP contribution in [0.4, 0.5) is 5.13 Å². The summed E-state index contributed by atoms with van der Waals surface area (Å²) in [7, 11) is 0. The topological polar surface area (TPSA) is 29.0 Å². The first-order valence-electron chi connectivity index (χ1n) is 7.62. The lowest BCUT2D eigenvalue weighted by atomic mass is 10.2. The zero-order chi connectivity index (χ0) is 14.5. The number of anilines is 1. The predicted molar refractivity (Wildman–Crippen MR) is 93.3 cm³/mol. The molecule has 21 heavy (non-hydrogen) atoms. The number of hydrogen-bond donors (Lipinski definition) is 0. The first-order chi connectivity index (χ1) is 10.4. The first-order valence-corrected chi connectivity index (χ1v) is 9.44.